The summed E-state index contributed by atoms with van der Waals surface area (Å²) in [5, 5.41) is 6.82. The van der Waals surface area contributed by atoms with E-state index in [0.717, 1.165) is 0 Å². The van der Waals surface area contributed by atoms with Gasteiger partial charge in [-0.15, -0.1) is 0 Å². The second kappa shape index (κ2) is 4.42. The zero-order valence-electron chi connectivity index (χ0n) is 9.01. The number of aromatic nitrogens is 3. The Morgan fingerprint density at radius 2 is 2.35 bits per heavy atom. The zero-order chi connectivity index (χ0) is 12.4. The van der Waals surface area contributed by atoms with Crippen molar-refractivity contribution in [3.05, 3.63) is 35.2 Å². The van der Waals surface area contributed by atoms with Gasteiger partial charge >= 0.3 is 0 Å². The van der Waals surface area contributed by atoms with Gasteiger partial charge in [0.05, 0.1) is 23.6 Å². The molecule has 0 aliphatic heterocycles. The van der Waals surface area contributed by atoms with Gasteiger partial charge in [-0.1, -0.05) is 11.6 Å². The van der Waals surface area contributed by atoms with Crippen molar-refractivity contribution in [2.24, 2.45) is 7.05 Å². The molecular weight excluding hydrogens is 242 g/mol. The van der Waals surface area contributed by atoms with Crippen LogP contribution < -0.4 is 11.1 Å². The summed E-state index contributed by atoms with van der Waals surface area (Å²) < 4.78 is 1.54. The predicted octanol–water partition coefficient (Wildman–Crippen LogP) is 1.30. The molecule has 6 nitrogen and oxygen atoms in total. The van der Waals surface area contributed by atoms with Crippen molar-refractivity contribution in [2.75, 3.05) is 11.1 Å². The summed E-state index contributed by atoms with van der Waals surface area (Å²) >= 11 is 5.71. The number of amides is 1. The minimum atomic E-state index is -0.351. The fraction of sp³-hybridized carbons (Fsp3) is 0.100. The molecule has 3 N–H and O–H groups in total. The Morgan fingerprint density at radius 1 is 1.59 bits per heavy atom. The van der Waals surface area contributed by atoms with Crippen molar-refractivity contribution in [3.63, 3.8) is 0 Å². The normalized spacial score (nSPS) is 10.2. The Kier molecular flexibility index (Phi) is 2.97. The number of carbonyl (C=O) groups excluding carboxylic acids is 1. The molecule has 0 aliphatic carbocycles. The van der Waals surface area contributed by atoms with Crippen molar-refractivity contribution in [1.82, 2.24) is 14.8 Å². The van der Waals surface area contributed by atoms with Crippen LogP contribution in [0.1, 0.15) is 10.4 Å². The molecule has 88 valence electrons. The first-order chi connectivity index (χ1) is 8.08. The molecule has 17 heavy (non-hydrogen) atoms. The molecule has 0 saturated heterocycles. The molecule has 1 amide bonds. The van der Waals surface area contributed by atoms with E-state index in [0.29, 0.717) is 5.82 Å². The van der Waals surface area contributed by atoms with E-state index in [4.69, 9.17) is 17.3 Å². The highest BCUT2D eigenvalue weighted by molar-refractivity contribution is 6.30. The number of nitrogens with one attached hydrogen (secondary N) is 1. The van der Waals surface area contributed by atoms with Crippen LogP contribution in [0.25, 0.3) is 0 Å². The lowest BCUT2D eigenvalue weighted by molar-refractivity contribution is 0.102. The van der Waals surface area contributed by atoms with Crippen LogP contribution in [0.3, 0.4) is 0 Å². The van der Waals surface area contributed by atoms with Gasteiger partial charge < -0.3 is 11.1 Å². The van der Waals surface area contributed by atoms with Crippen LogP contribution in [-0.4, -0.2) is 20.7 Å². The summed E-state index contributed by atoms with van der Waals surface area (Å²) in [6.45, 7) is 0. The van der Waals surface area contributed by atoms with Gasteiger partial charge in [0.2, 0.25) is 0 Å². The quantitative estimate of drug-likeness (QED) is 0.788. The molecule has 0 bridgehead atoms. The molecule has 2 rings (SSSR count). The van der Waals surface area contributed by atoms with Crippen LogP contribution in [0.15, 0.2) is 24.5 Å². The molecule has 0 atom stereocenters. The SMILES string of the molecule is Cn1nccc1NC(=O)c1cc(Cl)ncc1N. The molecule has 0 unspecified atom stereocenters. The van der Waals surface area contributed by atoms with Gasteiger partial charge in [-0.25, -0.2) is 4.98 Å². The van der Waals surface area contributed by atoms with Gasteiger partial charge in [-0.2, -0.15) is 5.10 Å². The second-order valence-corrected chi connectivity index (χ2v) is 3.78. The van der Waals surface area contributed by atoms with Crippen LogP contribution in [0.4, 0.5) is 11.5 Å². The van der Waals surface area contributed by atoms with Crippen LogP contribution in [0, 0.1) is 0 Å². The highest BCUT2D eigenvalue weighted by atomic mass is 35.5. The van der Waals surface area contributed by atoms with Gasteiger partial charge in [-0.3, -0.25) is 9.48 Å². The van der Waals surface area contributed by atoms with Gasteiger partial charge in [0.15, 0.2) is 0 Å². The average molecular weight is 252 g/mol. The lowest BCUT2D eigenvalue weighted by Crippen LogP contribution is -2.16. The molecule has 7 heteroatoms. The minimum absolute atomic E-state index is 0.217. The first-order valence-electron chi connectivity index (χ1n) is 4.78. The largest absolute Gasteiger partial charge is 0.397 e. The Labute approximate surface area is 102 Å². The first-order valence-corrected chi connectivity index (χ1v) is 5.16. The number of nitrogens with zero attached hydrogens (tertiary/aromatic N) is 3. The highest BCUT2D eigenvalue weighted by Gasteiger charge is 2.12. The summed E-state index contributed by atoms with van der Waals surface area (Å²) in [6, 6.07) is 3.10. The third kappa shape index (κ3) is 2.36. The third-order valence-corrected chi connectivity index (χ3v) is 2.42. The van der Waals surface area contributed by atoms with E-state index in [1.807, 2.05) is 0 Å². The van der Waals surface area contributed by atoms with E-state index in [1.165, 1.54) is 16.9 Å². The summed E-state index contributed by atoms with van der Waals surface area (Å²) in [6.07, 6.45) is 2.93. The van der Waals surface area contributed by atoms with Crippen molar-refractivity contribution < 1.29 is 4.79 Å². The molecule has 0 aromatic carbocycles. The predicted molar refractivity (Wildman–Crippen MR) is 64.8 cm³/mol. The van der Waals surface area contributed by atoms with Crippen LogP contribution >= 0.6 is 11.6 Å². The molecular formula is C10H10ClN5O. The maximum absolute atomic E-state index is 11.9. The minimum Gasteiger partial charge on any atom is -0.397 e. The number of nitrogens with two attached hydrogens (primary N) is 1. The number of carbonyl (C=O) groups is 1. The summed E-state index contributed by atoms with van der Waals surface area (Å²) in [5.41, 5.74) is 6.21. The topological polar surface area (TPSA) is 85.8 Å². The zero-order valence-corrected chi connectivity index (χ0v) is 9.77. The highest BCUT2D eigenvalue weighted by Crippen LogP contribution is 2.16. The van der Waals surface area contributed by atoms with Crippen molar-refractivity contribution in [2.45, 2.75) is 0 Å². The van der Waals surface area contributed by atoms with Gasteiger partial charge in [-0.05, 0) is 6.07 Å². The molecule has 2 heterocycles. The molecule has 0 radical (unpaired) electrons. The Bertz CT molecular complexity index is 566. The van der Waals surface area contributed by atoms with Crippen molar-refractivity contribution in [3.8, 4) is 0 Å². The fourth-order valence-electron chi connectivity index (χ4n) is 1.32. The lowest BCUT2D eigenvalue weighted by atomic mass is 10.2. The summed E-state index contributed by atoms with van der Waals surface area (Å²) in [4.78, 5) is 15.7. The first kappa shape index (κ1) is 11.4. The van der Waals surface area contributed by atoms with E-state index in [1.54, 1.807) is 19.3 Å². The van der Waals surface area contributed by atoms with Gasteiger partial charge in [0, 0.05) is 13.1 Å². The average Bonchev–Trinajstić information content (AvgIpc) is 2.68. The number of hydrogen-bond acceptors (Lipinski definition) is 4. The number of pyridine rings is 1. The molecule has 0 spiro atoms. The maximum atomic E-state index is 11.9. The Morgan fingerprint density at radius 3 is 3.00 bits per heavy atom. The Hall–Kier alpha value is -2.08. The summed E-state index contributed by atoms with van der Waals surface area (Å²) in [5.74, 6) is 0.220. The molecule has 2 aromatic rings. The van der Waals surface area contributed by atoms with Crippen LogP contribution in [-0.2, 0) is 7.05 Å². The van der Waals surface area contributed by atoms with Crippen molar-refractivity contribution >= 4 is 29.0 Å². The number of hydrogen-bond donors (Lipinski definition) is 2. The lowest BCUT2D eigenvalue weighted by Gasteiger charge is -2.07. The van der Waals surface area contributed by atoms with E-state index < -0.39 is 0 Å². The van der Waals surface area contributed by atoms with Gasteiger partial charge in [0.1, 0.15) is 11.0 Å². The molecule has 0 saturated carbocycles. The van der Waals surface area contributed by atoms with E-state index >= 15 is 0 Å². The van der Waals surface area contributed by atoms with E-state index in [2.05, 4.69) is 15.4 Å². The van der Waals surface area contributed by atoms with E-state index in [9.17, 15) is 4.79 Å². The number of halogens is 1. The maximum Gasteiger partial charge on any atom is 0.259 e. The number of rotatable bonds is 2. The second-order valence-electron chi connectivity index (χ2n) is 3.39. The smallest absolute Gasteiger partial charge is 0.259 e. The third-order valence-electron chi connectivity index (χ3n) is 2.21. The molecule has 0 aliphatic rings. The fourth-order valence-corrected chi connectivity index (χ4v) is 1.48. The van der Waals surface area contributed by atoms with Gasteiger partial charge in [0.25, 0.3) is 5.91 Å². The van der Waals surface area contributed by atoms with Crippen LogP contribution in [0.5, 0.6) is 0 Å². The summed E-state index contributed by atoms with van der Waals surface area (Å²) in [7, 11) is 1.72. The number of nitrogen functional groups attached to an aromatic ring is 1. The number of aryl methyl sites for hydroxylation is 1. The molecule has 2 aromatic heterocycles. The van der Waals surface area contributed by atoms with Crippen molar-refractivity contribution in [1.29, 1.82) is 0 Å². The monoisotopic (exact) mass is 251 g/mol. The van der Waals surface area contributed by atoms with Crippen LogP contribution in [0.2, 0.25) is 5.15 Å². The standard InChI is InChI=1S/C10H10ClN5O/c1-16-9(2-3-14-16)15-10(17)6-4-8(11)13-5-7(6)12/h2-5H,12H2,1H3,(H,15,17). The molecule has 0 fully saturated rings. The van der Waals surface area contributed by atoms with E-state index in [-0.39, 0.29) is 22.3 Å². The Balaban J connectivity index is 2.26. The number of anilines is 2.